The lowest BCUT2D eigenvalue weighted by Gasteiger charge is -2.33. The van der Waals surface area contributed by atoms with Gasteiger partial charge in [0.05, 0.1) is 0 Å². The second-order valence-electron chi connectivity index (χ2n) is 9.31. The maximum absolute atomic E-state index is 6.65. The van der Waals surface area contributed by atoms with Gasteiger partial charge in [0.25, 0.3) is 0 Å². The van der Waals surface area contributed by atoms with Gasteiger partial charge in [-0.25, -0.2) is 0 Å². The lowest BCUT2D eigenvalue weighted by atomic mass is 10.3. The first-order chi connectivity index (χ1) is 16.6. The van der Waals surface area contributed by atoms with Gasteiger partial charge in [0.15, 0.2) is 0 Å². The highest BCUT2D eigenvalue weighted by molar-refractivity contribution is 6.78. The van der Waals surface area contributed by atoms with Crippen LogP contribution in [0.15, 0.2) is 23.6 Å². The molecule has 0 aliphatic carbocycles. The quantitative estimate of drug-likeness (QED) is 0.0900. The molecule has 0 aliphatic heterocycles. The number of allylic oxidation sites excluding steroid dienone is 2. The van der Waals surface area contributed by atoms with E-state index in [2.05, 4.69) is 65.1 Å². The second-order valence-corrected chi connectivity index (χ2v) is 15.4. The molecule has 0 heterocycles. The van der Waals surface area contributed by atoms with E-state index in [1.807, 2.05) is 0 Å². The minimum atomic E-state index is -2.50. The van der Waals surface area contributed by atoms with Crippen LogP contribution in [-0.4, -0.2) is 43.5 Å². The van der Waals surface area contributed by atoms with Crippen LogP contribution in [0.1, 0.15) is 119 Å². The zero-order valence-electron chi connectivity index (χ0n) is 23.7. The number of unbranched alkanes of at least 4 members (excludes halogenated alkanes) is 6. The van der Waals surface area contributed by atoms with E-state index in [9.17, 15) is 0 Å². The predicted octanol–water partition coefficient (Wildman–Crippen LogP) is 8.93. The van der Waals surface area contributed by atoms with Crippen molar-refractivity contribution >= 4 is 17.1 Å². The minimum absolute atomic E-state index is 0.777. The van der Waals surface area contributed by atoms with Gasteiger partial charge in [-0.15, -0.1) is 0 Å². The van der Waals surface area contributed by atoms with Gasteiger partial charge < -0.3 is 17.7 Å². The summed E-state index contributed by atoms with van der Waals surface area (Å²) in [5.74, 6) is 0. The van der Waals surface area contributed by atoms with Crippen LogP contribution in [0.4, 0.5) is 0 Å². The average Bonchev–Trinajstić information content (AvgIpc) is 2.83. The van der Waals surface area contributed by atoms with Crippen molar-refractivity contribution in [1.82, 2.24) is 0 Å². The summed E-state index contributed by atoms with van der Waals surface area (Å²) in [5.41, 5.74) is 4.66. The highest BCUT2D eigenvalue weighted by Gasteiger charge is 2.42. The Morgan fingerprint density at radius 1 is 0.441 bits per heavy atom. The van der Waals surface area contributed by atoms with Gasteiger partial charge in [0.2, 0.25) is 0 Å². The van der Waals surface area contributed by atoms with E-state index in [1.165, 1.54) is 0 Å². The molecule has 0 N–H and O–H groups in total. The Bertz CT molecular complexity index is 433. The fraction of sp³-hybridized carbons (Fsp3) is 0.857. The Morgan fingerprint density at radius 3 is 0.971 bits per heavy atom. The molecule has 0 fully saturated rings. The van der Waals surface area contributed by atoms with E-state index in [0.717, 1.165) is 116 Å². The predicted molar refractivity (Wildman–Crippen MR) is 153 cm³/mol. The molecule has 0 aromatic heterocycles. The van der Waals surface area contributed by atoms with Gasteiger partial charge in [0.1, 0.15) is 0 Å². The molecule has 34 heavy (non-hydrogen) atoms. The lowest BCUT2D eigenvalue weighted by Crippen LogP contribution is -2.47. The Hall–Kier alpha value is -0.246. The third-order valence-corrected chi connectivity index (χ3v) is 12.5. The molecule has 202 valence electrons. The molecule has 0 aliphatic rings. The van der Waals surface area contributed by atoms with Gasteiger partial charge in [0, 0.05) is 26.4 Å². The smallest absolute Gasteiger partial charge is 0.364 e. The zero-order chi connectivity index (χ0) is 25.4. The van der Waals surface area contributed by atoms with E-state index in [4.69, 9.17) is 17.7 Å². The Kier molecular flexibility index (Phi) is 23.0. The topological polar surface area (TPSA) is 36.9 Å². The molecule has 0 spiro atoms. The summed E-state index contributed by atoms with van der Waals surface area (Å²) in [6.45, 7) is 16.4. The van der Waals surface area contributed by atoms with Crippen molar-refractivity contribution in [2.45, 2.75) is 131 Å². The molecule has 0 aromatic rings. The van der Waals surface area contributed by atoms with Crippen molar-refractivity contribution in [3.05, 3.63) is 23.6 Å². The molecule has 0 bridgehead atoms. The fourth-order valence-corrected chi connectivity index (χ4v) is 10.8. The van der Waals surface area contributed by atoms with Crippen LogP contribution in [0.3, 0.4) is 0 Å². The van der Waals surface area contributed by atoms with Crippen molar-refractivity contribution in [1.29, 1.82) is 0 Å². The van der Waals surface area contributed by atoms with Crippen molar-refractivity contribution < 1.29 is 17.7 Å². The monoisotopic (exact) mass is 514 g/mol. The van der Waals surface area contributed by atoms with Crippen molar-refractivity contribution in [2.75, 3.05) is 26.4 Å². The van der Waals surface area contributed by atoms with Crippen molar-refractivity contribution in [3.63, 3.8) is 0 Å². The molecule has 0 unspecified atom stereocenters. The number of hydrogen-bond donors (Lipinski definition) is 0. The molecule has 0 atom stereocenters. The largest absolute Gasteiger partial charge is 0.391 e. The highest BCUT2D eigenvalue weighted by atomic mass is 28.4. The van der Waals surface area contributed by atoms with Gasteiger partial charge in [-0.3, -0.25) is 0 Å². The van der Waals surface area contributed by atoms with Gasteiger partial charge in [-0.2, -0.15) is 0 Å². The molecule has 0 amide bonds. The van der Waals surface area contributed by atoms with Crippen LogP contribution in [0.25, 0.3) is 0 Å². The fourth-order valence-electron chi connectivity index (χ4n) is 3.50. The summed E-state index contributed by atoms with van der Waals surface area (Å²) < 4.78 is 26.6. The molecule has 4 nitrogen and oxygen atoms in total. The Labute approximate surface area is 215 Å². The van der Waals surface area contributed by atoms with Gasteiger partial charge >= 0.3 is 17.1 Å². The third kappa shape index (κ3) is 16.4. The van der Waals surface area contributed by atoms with E-state index in [0.29, 0.717) is 0 Å². The van der Waals surface area contributed by atoms with E-state index < -0.39 is 17.1 Å². The normalized spacial score (nSPS) is 13.0. The second kappa shape index (κ2) is 23.2. The molecule has 0 saturated carbocycles. The maximum Gasteiger partial charge on any atom is 0.364 e. The highest BCUT2D eigenvalue weighted by Crippen LogP contribution is 2.28. The van der Waals surface area contributed by atoms with Crippen molar-refractivity contribution in [2.24, 2.45) is 0 Å². The van der Waals surface area contributed by atoms with E-state index in [1.54, 1.807) is 0 Å². The Balaban J connectivity index is 5.88. The zero-order valence-corrected chi connectivity index (χ0v) is 25.7. The number of hydrogen-bond acceptors (Lipinski definition) is 4. The summed E-state index contributed by atoms with van der Waals surface area (Å²) in [4.78, 5) is 0. The molecule has 0 rings (SSSR count). The first-order valence-corrected chi connectivity index (χ1v) is 18.7. The van der Waals surface area contributed by atoms with Crippen molar-refractivity contribution in [3.8, 4) is 0 Å². The van der Waals surface area contributed by atoms with Gasteiger partial charge in [-0.1, -0.05) is 92.2 Å². The third-order valence-electron chi connectivity index (χ3n) is 5.85. The van der Waals surface area contributed by atoms with Crippen LogP contribution < -0.4 is 0 Å². The summed E-state index contributed by atoms with van der Waals surface area (Å²) in [7, 11) is -5.00. The first-order valence-electron chi connectivity index (χ1n) is 14.5. The molecule has 0 radical (unpaired) electrons. The van der Waals surface area contributed by atoms with Crippen LogP contribution >= 0.6 is 0 Å². The maximum atomic E-state index is 6.65. The SMILES string of the molecule is CCCC=C[Si](CC[Si](C=CCCC)(OCCCC)OCCCC)(OCCCC)OCCCC. The van der Waals surface area contributed by atoms with Crippen LogP contribution in [-0.2, 0) is 17.7 Å². The van der Waals surface area contributed by atoms with Crippen LogP contribution in [0.5, 0.6) is 0 Å². The summed E-state index contributed by atoms with van der Waals surface area (Å²) in [6.07, 6.45) is 17.9. The minimum Gasteiger partial charge on any atom is -0.391 e. The molecular formula is C28H58O4Si2. The molecule has 0 saturated heterocycles. The first kappa shape index (κ1) is 33.8. The average molecular weight is 515 g/mol. The molecule has 0 aromatic carbocycles. The molecular weight excluding hydrogens is 456 g/mol. The lowest BCUT2D eigenvalue weighted by molar-refractivity contribution is 0.163. The van der Waals surface area contributed by atoms with Crippen LogP contribution in [0, 0.1) is 0 Å². The number of rotatable bonds is 25. The standard InChI is InChI=1S/C28H58O4Si2/c1-7-13-19-25-33(29-21-15-9-3,30-22-16-10-4)27-28-34(26-20-14-8-2,31-23-17-11-5)32-24-18-12-6/h19-20,25-26H,7-18,21-24,27-28H2,1-6H3. The Morgan fingerprint density at radius 2 is 0.735 bits per heavy atom. The summed E-state index contributed by atoms with van der Waals surface area (Å²) in [5, 5.41) is 0. The summed E-state index contributed by atoms with van der Waals surface area (Å²) >= 11 is 0. The van der Waals surface area contributed by atoms with Gasteiger partial charge in [-0.05, 0) is 62.0 Å². The van der Waals surface area contributed by atoms with E-state index >= 15 is 0 Å². The van der Waals surface area contributed by atoms with E-state index in [-0.39, 0.29) is 0 Å². The summed E-state index contributed by atoms with van der Waals surface area (Å²) in [6, 6.07) is 1.81. The molecule has 6 heteroatoms. The van der Waals surface area contributed by atoms with Crippen LogP contribution in [0.2, 0.25) is 12.1 Å².